The molecule has 2 aromatic carbocycles. The molecule has 0 aromatic heterocycles. The van der Waals surface area contributed by atoms with Crippen molar-refractivity contribution in [1.29, 1.82) is 0 Å². The third kappa shape index (κ3) is 5.57. The number of rotatable bonds is 8. The van der Waals surface area contributed by atoms with Gasteiger partial charge in [-0.3, -0.25) is 4.79 Å². The maximum atomic E-state index is 12.4. The number of benzene rings is 2. The molecule has 0 amide bonds. The largest absolute Gasteiger partial charge is 0.508 e. The summed E-state index contributed by atoms with van der Waals surface area (Å²) in [4.78, 5) is 22.8. The van der Waals surface area contributed by atoms with E-state index in [1.807, 2.05) is 13.0 Å². The number of aromatic hydroxyl groups is 3. The molecule has 0 unspecified atom stereocenters. The lowest BCUT2D eigenvalue weighted by atomic mass is 9.99. The van der Waals surface area contributed by atoms with E-state index in [0.717, 1.165) is 17.4 Å². The highest BCUT2D eigenvalue weighted by molar-refractivity contribution is 6.09. The van der Waals surface area contributed by atoms with Gasteiger partial charge in [-0.1, -0.05) is 29.9 Å². The van der Waals surface area contributed by atoms with Crippen LogP contribution in [0.2, 0.25) is 0 Å². The van der Waals surface area contributed by atoms with E-state index in [-0.39, 0.29) is 34.8 Å². The monoisotopic (exact) mass is 366 g/mol. The van der Waals surface area contributed by atoms with Gasteiger partial charge in [0, 0.05) is 12.0 Å². The Labute approximate surface area is 157 Å². The predicted octanol–water partition coefficient (Wildman–Crippen LogP) is 4.17. The second-order valence-electron chi connectivity index (χ2n) is 6.21. The molecule has 3 N–H and O–H groups in total. The zero-order chi connectivity index (χ0) is 19.8. The van der Waals surface area contributed by atoms with Crippen LogP contribution in [0.3, 0.4) is 0 Å². The SMILES string of the molecule is C/C(=C\Cc1c(O)ccc(C(=O)/C=C/c2ccc(O)cc2)c1O)CCC=O. The second-order valence-corrected chi connectivity index (χ2v) is 6.21. The van der Waals surface area contributed by atoms with Gasteiger partial charge < -0.3 is 20.1 Å². The number of aldehydes is 1. The molecule has 0 saturated carbocycles. The van der Waals surface area contributed by atoms with Crippen LogP contribution in [0.4, 0.5) is 0 Å². The summed E-state index contributed by atoms with van der Waals surface area (Å²) in [5.74, 6) is -0.611. The Morgan fingerprint density at radius 3 is 2.41 bits per heavy atom. The molecular weight excluding hydrogens is 344 g/mol. The van der Waals surface area contributed by atoms with Crippen molar-refractivity contribution in [2.24, 2.45) is 0 Å². The summed E-state index contributed by atoms with van der Waals surface area (Å²) >= 11 is 0. The number of ketones is 1. The topological polar surface area (TPSA) is 94.8 Å². The summed E-state index contributed by atoms with van der Waals surface area (Å²) in [7, 11) is 0. The fraction of sp³-hybridized carbons (Fsp3) is 0.182. The zero-order valence-corrected chi connectivity index (χ0v) is 15.1. The van der Waals surface area contributed by atoms with Gasteiger partial charge in [0.1, 0.15) is 23.5 Å². The number of phenols is 3. The van der Waals surface area contributed by atoms with Crippen LogP contribution in [0.15, 0.2) is 54.1 Å². The first-order valence-electron chi connectivity index (χ1n) is 8.57. The lowest BCUT2D eigenvalue weighted by molar-refractivity contribution is -0.107. The fourth-order valence-electron chi connectivity index (χ4n) is 2.54. The van der Waals surface area contributed by atoms with Gasteiger partial charge in [0.05, 0.1) is 5.56 Å². The predicted molar refractivity (Wildman–Crippen MR) is 104 cm³/mol. The van der Waals surface area contributed by atoms with Gasteiger partial charge in [0.15, 0.2) is 5.78 Å². The van der Waals surface area contributed by atoms with Crippen LogP contribution < -0.4 is 0 Å². The van der Waals surface area contributed by atoms with Gasteiger partial charge in [0.2, 0.25) is 0 Å². The maximum absolute atomic E-state index is 12.4. The molecule has 0 saturated heterocycles. The van der Waals surface area contributed by atoms with Gasteiger partial charge >= 0.3 is 0 Å². The summed E-state index contributed by atoms with van der Waals surface area (Å²) in [6.07, 6.45) is 6.85. The number of carbonyl (C=O) groups is 2. The van der Waals surface area contributed by atoms with Crippen molar-refractivity contribution < 1.29 is 24.9 Å². The number of phenolic OH excluding ortho intramolecular Hbond substituents is 3. The fourth-order valence-corrected chi connectivity index (χ4v) is 2.54. The van der Waals surface area contributed by atoms with Gasteiger partial charge in [-0.15, -0.1) is 0 Å². The molecule has 0 spiro atoms. The molecule has 140 valence electrons. The molecule has 0 bridgehead atoms. The highest BCUT2D eigenvalue weighted by Crippen LogP contribution is 2.32. The number of allylic oxidation sites excluding steroid dienone is 3. The standard InChI is InChI=1S/C22H22O5/c1-15(3-2-14-23)4-10-18-21(26)13-11-19(22(18)27)20(25)12-7-16-5-8-17(24)9-6-16/h4-9,11-14,24,26-27H,2-3,10H2,1H3/b12-7+,15-4+. The van der Waals surface area contributed by atoms with Gasteiger partial charge in [-0.05, 0) is 55.7 Å². The normalized spacial score (nSPS) is 11.7. The molecule has 0 aliphatic carbocycles. The summed E-state index contributed by atoms with van der Waals surface area (Å²) < 4.78 is 0. The summed E-state index contributed by atoms with van der Waals surface area (Å²) in [6, 6.07) is 9.10. The van der Waals surface area contributed by atoms with E-state index in [2.05, 4.69) is 0 Å². The summed E-state index contributed by atoms with van der Waals surface area (Å²) in [5.41, 5.74) is 2.05. The second kappa shape index (κ2) is 9.38. The first kappa shape index (κ1) is 20.0. The van der Waals surface area contributed by atoms with Crippen molar-refractivity contribution in [3.05, 3.63) is 70.8 Å². The van der Waals surface area contributed by atoms with Gasteiger partial charge in [-0.2, -0.15) is 0 Å². The molecule has 27 heavy (non-hydrogen) atoms. The van der Waals surface area contributed by atoms with Crippen LogP contribution >= 0.6 is 0 Å². The first-order chi connectivity index (χ1) is 12.9. The summed E-state index contributed by atoms with van der Waals surface area (Å²) in [5, 5.41) is 29.7. The van der Waals surface area contributed by atoms with Crippen molar-refractivity contribution in [1.82, 2.24) is 0 Å². The van der Waals surface area contributed by atoms with Crippen LogP contribution in [0.25, 0.3) is 6.08 Å². The molecule has 2 aromatic rings. The molecule has 0 aliphatic heterocycles. The van der Waals surface area contributed by atoms with E-state index in [9.17, 15) is 24.9 Å². The van der Waals surface area contributed by atoms with Gasteiger partial charge in [0.25, 0.3) is 0 Å². The molecular formula is C22H22O5. The number of carbonyl (C=O) groups excluding carboxylic acids is 2. The number of hydrogen-bond donors (Lipinski definition) is 3. The van der Waals surface area contributed by atoms with Crippen molar-refractivity contribution in [3.8, 4) is 17.2 Å². The van der Waals surface area contributed by atoms with E-state index < -0.39 is 5.78 Å². The van der Waals surface area contributed by atoms with Crippen LogP contribution in [-0.4, -0.2) is 27.4 Å². The Kier molecular flexibility index (Phi) is 6.94. The third-order valence-corrected chi connectivity index (χ3v) is 4.15. The Balaban J connectivity index is 2.21. The molecule has 5 heteroatoms. The lowest BCUT2D eigenvalue weighted by Gasteiger charge is -2.09. The van der Waals surface area contributed by atoms with Gasteiger partial charge in [-0.25, -0.2) is 0 Å². The Hall–Kier alpha value is -3.34. The quantitative estimate of drug-likeness (QED) is 0.282. The lowest BCUT2D eigenvalue weighted by Crippen LogP contribution is -1.98. The first-order valence-corrected chi connectivity index (χ1v) is 8.57. The average Bonchev–Trinajstić information content (AvgIpc) is 2.65. The number of hydrogen-bond acceptors (Lipinski definition) is 5. The minimum Gasteiger partial charge on any atom is -0.508 e. The zero-order valence-electron chi connectivity index (χ0n) is 15.1. The van der Waals surface area contributed by atoms with Crippen LogP contribution in [0.5, 0.6) is 17.2 Å². The van der Waals surface area contributed by atoms with E-state index >= 15 is 0 Å². The molecule has 0 aliphatic rings. The summed E-state index contributed by atoms with van der Waals surface area (Å²) in [6.45, 7) is 1.87. The molecule has 0 fully saturated rings. The Bertz CT molecular complexity index is 876. The molecule has 0 atom stereocenters. The maximum Gasteiger partial charge on any atom is 0.189 e. The van der Waals surface area contributed by atoms with E-state index in [0.29, 0.717) is 12.8 Å². The highest BCUT2D eigenvalue weighted by Gasteiger charge is 2.15. The van der Waals surface area contributed by atoms with Crippen LogP contribution in [-0.2, 0) is 11.2 Å². The van der Waals surface area contributed by atoms with Crippen molar-refractivity contribution in [2.75, 3.05) is 0 Å². The van der Waals surface area contributed by atoms with Crippen molar-refractivity contribution in [2.45, 2.75) is 26.2 Å². The van der Waals surface area contributed by atoms with Crippen LogP contribution in [0, 0.1) is 0 Å². The Morgan fingerprint density at radius 1 is 1.04 bits per heavy atom. The van der Waals surface area contributed by atoms with Crippen molar-refractivity contribution >= 4 is 18.1 Å². The molecule has 0 radical (unpaired) electrons. The Morgan fingerprint density at radius 2 is 1.74 bits per heavy atom. The van der Waals surface area contributed by atoms with E-state index in [4.69, 9.17) is 0 Å². The third-order valence-electron chi connectivity index (χ3n) is 4.15. The average molecular weight is 366 g/mol. The molecule has 2 rings (SSSR count). The minimum absolute atomic E-state index is 0.0917. The molecule has 5 nitrogen and oxygen atoms in total. The van der Waals surface area contributed by atoms with E-state index in [1.165, 1.54) is 30.3 Å². The van der Waals surface area contributed by atoms with E-state index in [1.54, 1.807) is 18.2 Å². The van der Waals surface area contributed by atoms with Crippen molar-refractivity contribution in [3.63, 3.8) is 0 Å². The minimum atomic E-state index is -0.400. The molecule has 0 heterocycles. The smallest absolute Gasteiger partial charge is 0.189 e. The highest BCUT2D eigenvalue weighted by atomic mass is 16.3. The van der Waals surface area contributed by atoms with Crippen LogP contribution in [0.1, 0.15) is 41.3 Å².